The molecule has 0 aliphatic heterocycles. The predicted molar refractivity (Wildman–Crippen MR) is 126 cm³/mol. The first-order chi connectivity index (χ1) is 14.7. The first kappa shape index (κ1) is 18.8. The Hall–Kier alpha value is -3.24. The van der Waals surface area contributed by atoms with Gasteiger partial charge in [0.15, 0.2) is 5.65 Å². The minimum absolute atomic E-state index is 0.848. The number of hydrogen-bond acceptors (Lipinski definition) is 2. The van der Waals surface area contributed by atoms with E-state index in [0.29, 0.717) is 0 Å². The molecule has 0 radical (unpaired) electrons. The third kappa shape index (κ3) is 3.33. The molecule has 5 aromatic rings. The lowest BCUT2D eigenvalue weighted by molar-refractivity contribution is 0.894. The standard InChI is InChI=1S/C26H20BrN3/c1-2-23-25(21-12-14-22(27)15-13-21)26-28-17-16-24(30(26)29-23)20-10-8-19(9-11-20)18-6-4-3-5-7-18/h3-17H,2H2,1H3. The summed E-state index contributed by atoms with van der Waals surface area (Å²) in [6.07, 6.45) is 2.72. The minimum Gasteiger partial charge on any atom is -0.236 e. The number of hydrogen-bond donors (Lipinski definition) is 0. The van der Waals surface area contributed by atoms with E-state index < -0.39 is 0 Å². The smallest absolute Gasteiger partial charge is 0.163 e. The summed E-state index contributed by atoms with van der Waals surface area (Å²) in [6, 6.07) is 29.4. The molecule has 0 saturated carbocycles. The summed E-state index contributed by atoms with van der Waals surface area (Å²) in [5, 5.41) is 4.93. The van der Waals surface area contributed by atoms with Crippen molar-refractivity contribution in [2.45, 2.75) is 13.3 Å². The lowest BCUT2D eigenvalue weighted by atomic mass is 10.0. The van der Waals surface area contributed by atoms with Crippen LogP contribution < -0.4 is 0 Å². The Balaban J connectivity index is 1.63. The first-order valence-corrected chi connectivity index (χ1v) is 10.8. The van der Waals surface area contributed by atoms with Gasteiger partial charge < -0.3 is 0 Å². The highest BCUT2D eigenvalue weighted by molar-refractivity contribution is 9.10. The van der Waals surface area contributed by atoms with Crippen molar-refractivity contribution >= 4 is 21.6 Å². The summed E-state index contributed by atoms with van der Waals surface area (Å²) in [6.45, 7) is 2.14. The van der Waals surface area contributed by atoms with Crippen molar-refractivity contribution in [2.75, 3.05) is 0 Å². The van der Waals surface area contributed by atoms with Gasteiger partial charge >= 0.3 is 0 Å². The third-order valence-corrected chi connectivity index (χ3v) is 5.88. The lowest BCUT2D eigenvalue weighted by Gasteiger charge is -2.07. The van der Waals surface area contributed by atoms with Gasteiger partial charge in [-0.1, -0.05) is 89.6 Å². The Morgan fingerprint density at radius 1 is 0.733 bits per heavy atom. The number of fused-ring (bicyclic) bond motifs is 1. The molecular weight excluding hydrogens is 434 g/mol. The van der Waals surface area contributed by atoms with E-state index in [1.807, 2.05) is 22.8 Å². The maximum absolute atomic E-state index is 4.93. The average Bonchev–Trinajstić information content (AvgIpc) is 3.19. The van der Waals surface area contributed by atoms with Gasteiger partial charge in [0.05, 0.1) is 11.4 Å². The van der Waals surface area contributed by atoms with Gasteiger partial charge in [-0.25, -0.2) is 9.50 Å². The van der Waals surface area contributed by atoms with E-state index >= 15 is 0 Å². The molecule has 146 valence electrons. The highest BCUT2D eigenvalue weighted by atomic mass is 79.9. The average molecular weight is 454 g/mol. The monoisotopic (exact) mass is 453 g/mol. The van der Waals surface area contributed by atoms with Crippen LogP contribution in [0.1, 0.15) is 12.6 Å². The Labute approximate surface area is 184 Å². The third-order valence-electron chi connectivity index (χ3n) is 5.35. The fourth-order valence-electron chi connectivity index (χ4n) is 3.83. The van der Waals surface area contributed by atoms with Crippen LogP contribution in [-0.4, -0.2) is 14.6 Å². The van der Waals surface area contributed by atoms with Crippen LogP contribution in [0.3, 0.4) is 0 Å². The number of aromatic nitrogens is 3. The molecule has 2 aromatic heterocycles. The largest absolute Gasteiger partial charge is 0.236 e. The SMILES string of the molecule is CCc1nn2c(-c3ccc(-c4ccccc4)cc3)ccnc2c1-c1ccc(Br)cc1. The van der Waals surface area contributed by atoms with Crippen LogP contribution in [0.25, 0.3) is 39.2 Å². The van der Waals surface area contributed by atoms with Crippen molar-refractivity contribution in [3.8, 4) is 33.5 Å². The molecule has 3 nitrogen and oxygen atoms in total. The van der Waals surface area contributed by atoms with E-state index in [2.05, 4.69) is 101 Å². The zero-order valence-corrected chi connectivity index (χ0v) is 18.2. The highest BCUT2D eigenvalue weighted by Crippen LogP contribution is 2.32. The number of benzene rings is 3. The number of nitrogens with zero attached hydrogens (tertiary/aromatic N) is 3. The molecule has 0 bridgehead atoms. The van der Waals surface area contributed by atoms with Crippen LogP contribution in [0, 0.1) is 0 Å². The van der Waals surface area contributed by atoms with Crippen molar-refractivity contribution in [1.29, 1.82) is 0 Å². The summed E-state index contributed by atoms with van der Waals surface area (Å²) in [7, 11) is 0. The second-order valence-electron chi connectivity index (χ2n) is 7.19. The second kappa shape index (κ2) is 7.88. The van der Waals surface area contributed by atoms with Crippen LogP contribution in [0.2, 0.25) is 0 Å². The molecule has 30 heavy (non-hydrogen) atoms. The van der Waals surface area contributed by atoms with Crippen molar-refractivity contribution < 1.29 is 0 Å². The van der Waals surface area contributed by atoms with Gasteiger partial charge in [-0.3, -0.25) is 0 Å². The molecule has 0 amide bonds. The molecular formula is C26H20BrN3. The molecule has 4 heteroatoms. The Kier molecular flexibility index (Phi) is 4.93. The molecule has 2 heterocycles. The van der Waals surface area contributed by atoms with Crippen molar-refractivity contribution in [3.05, 3.63) is 101 Å². The van der Waals surface area contributed by atoms with Crippen molar-refractivity contribution in [1.82, 2.24) is 14.6 Å². The van der Waals surface area contributed by atoms with Gasteiger partial charge in [0.1, 0.15) is 0 Å². The second-order valence-corrected chi connectivity index (χ2v) is 8.11. The Morgan fingerprint density at radius 2 is 1.37 bits per heavy atom. The summed E-state index contributed by atoms with van der Waals surface area (Å²) in [5.74, 6) is 0. The van der Waals surface area contributed by atoms with E-state index in [-0.39, 0.29) is 0 Å². The fourth-order valence-corrected chi connectivity index (χ4v) is 4.10. The quantitative estimate of drug-likeness (QED) is 0.291. The summed E-state index contributed by atoms with van der Waals surface area (Å²) in [5.41, 5.74) is 8.76. The molecule has 0 saturated heterocycles. The minimum atomic E-state index is 0.848. The van der Waals surface area contributed by atoms with Gasteiger partial charge in [-0.2, -0.15) is 5.10 Å². The molecule has 0 aliphatic rings. The molecule has 3 aromatic carbocycles. The van der Waals surface area contributed by atoms with E-state index in [1.54, 1.807) is 0 Å². The predicted octanol–water partition coefficient (Wildman–Crippen LogP) is 7.06. The molecule has 0 unspecified atom stereocenters. The number of rotatable bonds is 4. The highest BCUT2D eigenvalue weighted by Gasteiger charge is 2.17. The zero-order valence-electron chi connectivity index (χ0n) is 16.6. The van der Waals surface area contributed by atoms with Gasteiger partial charge in [-0.15, -0.1) is 0 Å². The van der Waals surface area contributed by atoms with Crippen LogP contribution in [0.4, 0.5) is 0 Å². The Bertz CT molecular complexity index is 1300. The van der Waals surface area contributed by atoms with Crippen LogP contribution >= 0.6 is 15.9 Å². The lowest BCUT2D eigenvalue weighted by Crippen LogP contribution is -1.96. The van der Waals surface area contributed by atoms with Crippen LogP contribution in [-0.2, 0) is 6.42 Å². The maximum atomic E-state index is 4.93. The number of aryl methyl sites for hydroxylation is 1. The van der Waals surface area contributed by atoms with Crippen LogP contribution in [0.5, 0.6) is 0 Å². The molecule has 0 fully saturated rings. The van der Waals surface area contributed by atoms with Gasteiger partial charge in [-0.05, 0) is 41.3 Å². The van der Waals surface area contributed by atoms with Gasteiger partial charge in [0.2, 0.25) is 0 Å². The summed E-state index contributed by atoms with van der Waals surface area (Å²) >= 11 is 3.52. The van der Waals surface area contributed by atoms with Crippen molar-refractivity contribution in [2.24, 2.45) is 0 Å². The molecule has 5 rings (SSSR count). The molecule has 0 spiro atoms. The van der Waals surface area contributed by atoms with Gasteiger partial charge in [0.25, 0.3) is 0 Å². The fraction of sp³-hybridized carbons (Fsp3) is 0.0769. The summed E-state index contributed by atoms with van der Waals surface area (Å²) < 4.78 is 3.04. The number of halogens is 1. The van der Waals surface area contributed by atoms with Crippen molar-refractivity contribution in [3.63, 3.8) is 0 Å². The van der Waals surface area contributed by atoms with E-state index in [1.165, 1.54) is 11.1 Å². The Morgan fingerprint density at radius 3 is 2.07 bits per heavy atom. The van der Waals surface area contributed by atoms with E-state index in [9.17, 15) is 0 Å². The molecule has 0 N–H and O–H groups in total. The maximum Gasteiger partial charge on any atom is 0.163 e. The topological polar surface area (TPSA) is 30.2 Å². The van der Waals surface area contributed by atoms with Gasteiger partial charge in [0, 0.05) is 21.8 Å². The van der Waals surface area contributed by atoms with E-state index in [4.69, 9.17) is 5.10 Å². The van der Waals surface area contributed by atoms with E-state index in [0.717, 1.165) is 44.6 Å². The normalized spacial score (nSPS) is 11.1. The zero-order chi connectivity index (χ0) is 20.5. The molecule has 0 atom stereocenters. The molecule has 0 aliphatic carbocycles. The van der Waals surface area contributed by atoms with Crippen LogP contribution in [0.15, 0.2) is 95.6 Å². The first-order valence-electron chi connectivity index (χ1n) is 10.0. The summed E-state index contributed by atoms with van der Waals surface area (Å²) in [4.78, 5) is 4.69.